The molecule has 0 bridgehead atoms. The van der Waals surface area contributed by atoms with Crippen molar-refractivity contribution >= 4 is 39.8 Å². The molecular weight excluding hydrogens is 440 g/mol. The lowest BCUT2D eigenvalue weighted by Crippen LogP contribution is -2.44. The summed E-state index contributed by atoms with van der Waals surface area (Å²) in [6.07, 6.45) is 6.30. The first-order valence-electron chi connectivity index (χ1n) is 11.4. The zero-order chi connectivity index (χ0) is 24.2. The van der Waals surface area contributed by atoms with E-state index < -0.39 is 0 Å². The van der Waals surface area contributed by atoms with Crippen molar-refractivity contribution in [3.63, 3.8) is 0 Å². The van der Waals surface area contributed by atoms with E-state index in [4.69, 9.17) is 4.98 Å². The Hall–Kier alpha value is -4.37. The van der Waals surface area contributed by atoms with E-state index in [1.54, 1.807) is 30.7 Å². The van der Waals surface area contributed by atoms with Gasteiger partial charge in [0.05, 0.1) is 5.69 Å². The van der Waals surface area contributed by atoms with Gasteiger partial charge in [-0.2, -0.15) is 0 Å². The second kappa shape index (κ2) is 9.86. The van der Waals surface area contributed by atoms with Crippen molar-refractivity contribution in [2.24, 2.45) is 0 Å². The van der Waals surface area contributed by atoms with Gasteiger partial charge < -0.3 is 20.4 Å². The molecule has 1 aliphatic rings. The summed E-state index contributed by atoms with van der Waals surface area (Å²) in [5, 5.41) is 6.89. The third-order valence-corrected chi connectivity index (χ3v) is 5.97. The largest absolute Gasteiger partial charge is 0.369 e. The van der Waals surface area contributed by atoms with Crippen molar-refractivity contribution in [1.29, 1.82) is 0 Å². The molecule has 0 aliphatic carbocycles. The fraction of sp³-hybridized carbons (Fsp3) is 0.192. The quantitative estimate of drug-likeness (QED) is 0.415. The lowest BCUT2D eigenvalue weighted by molar-refractivity contribution is -0.111. The monoisotopic (exact) mass is 466 g/mol. The summed E-state index contributed by atoms with van der Waals surface area (Å²) in [5.41, 5.74) is 4.34. The number of likely N-dealkylation sites (N-methyl/N-ethyl adjacent to an activating group) is 1. The van der Waals surface area contributed by atoms with Crippen LogP contribution in [0.4, 0.5) is 23.0 Å². The molecular formula is C26H26N8O. The third-order valence-electron chi connectivity index (χ3n) is 5.97. The molecule has 1 aromatic carbocycles. The normalized spacial score (nSPS) is 14.0. The Balaban J connectivity index is 1.42. The van der Waals surface area contributed by atoms with Crippen LogP contribution in [0, 0.1) is 0 Å². The first kappa shape index (κ1) is 22.4. The standard InChI is InChI=1S/C26H26N8O/c1-3-22(35)31-21-5-4-11-27-24(21)25-23-18(10-12-28-25)17-29-26(32-23)30-19-6-8-20(9-7-19)34-15-13-33(2)14-16-34/h3-12,17H,1,13-16H2,2H3,(H,31,35)(H,29,30,32). The third kappa shape index (κ3) is 4.95. The van der Waals surface area contributed by atoms with Crippen molar-refractivity contribution in [1.82, 2.24) is 24.8 Å². The van der Waals surface area contributed by atoms with Crippen molar-refractivity contribution in [3.05, 3.63) is 73.7 Å². The Morgan fingerprint density at radius 3 is 2.51 bits per heavy atom. The minimum absolute atomic E-state index is 0.323. The van der Waals surface area contributed by atoms with Gasteiger partial charge in [0.2, 0.25) is 11.9 Å². The minimum Gasteiger partial charge on any atom is -0.369 e. The summed E-state index contributed by atoms with van der Waals surface area (Å²) in [5.74, 6) is 0.128. The molecule has 4 aromatic rings. The predicted octanol–water partition coefficient (Wildman–Crippen LogP) is 3.71. The van der Waals surface area contributed by atoms with Gasteiger partial charge in [-0.15, -0.1) is 0 Å². The number of amides is 1. The predicted molar refractivity (Wildman–Crippen MR) is 139 cm³/mol. The molecule has 1 aliphatic heterocycles. The molecule has 9 nitrogen and oxygen atoms in total. The number of rotatable bonds is 6. The van der Waals surface area contributed by atoms with Crippen LogP contribution in [0.2, 0.25) is 0 Å². The van der Waals surface area contributed by atoms with Crippen molar-refractivity contribution in [2.75, 3.05) is 48.8 Å². The average molecular weight is 467 g/mol. The van der Waals surface area contributed by atoms with Gasteiger partial charge in [0.1, 0.15) is 16.9 Å². The maximum absolute atomic E-state index is 11.9. The number of hydrogen-bond donors (Lipinski definition) is 2. The molecule has 4 heterocycles. The molecule has 9 heteroatoms. The second-order valence-corrected chi connectivity index (χ2v) is 8.35. The Morgan fingerprint density at radius 1 is 0.971 bits per heavy atom. The SMILES string of the molecule is C=CC(=O)Nc1cccnc1-c1nccc2cnc(Nc3ccc(N4CCN(C)CC4)cc3)nc12. The molecule has 5 rings (SSSR count). The summed E-state index contributed by atoms with van der Waals surface area (Å²) in [6, 6.07) is 13.7. The number of fused-ring (bicyclic) bond motifs is 1. The van der Waals surface area contributed by atoms with Gasteiger partial charge in [0.15, 0.2) is 0 Å². The summed E-state index contributed by atoms with van der Waals surface area (Å²) >= 11 is 0. The van der Waals surface area contributed by atoms with Crippen LogP contribution in [-0.2, 0) is 4.79 Å². The summed E-state index contributed by atoms with van der Waals surface area (Å²) in [4.78, 5) is 34.8. The molecule has 0 radical (unpaired) electrons. The number of nitrogens with one attached hydrogen (secondary N) is 2. The highest BCUT2D eigenvalue weighted by molar-refractivity contribution is 6.03. The van der Waals surface area contributed by atoms with Crippen molar-refractivity contribution in [3.8, 4) is 11.4 Å². The molecule has 1 amide bonds. The summed E-state index contributed by atoms with van der Waals surface area (Å²) < 4.78 is 0. The van der Waals surface area contributed by atoms with Gasteiger partial charge in [-0.3, -0.25) is 14.8 Å². The van der Waals surface area contributed by atoms with E-state index in [-0.39, 0.29) is 5.91 Å². The summed E-state index contributed by atoms with van der Waals surface area (Å²) in [7, 11) is 2.15. The van der Waals surface area contributed by atoms with Crippen LogP contribution in [0.15, 0.2) is 73.7 Å². The Bertz CT molecular complexity index is 1360. The molecule has 1 fully saturated rings. The van der Waals surface area contributed by atoms with Crippen LogP contribution in [-0.4, -0.2) is 64.0 Å². The highest BCUT2D eigenvalue weighted by atomic mass is 16.1. The Labute approximate surface area is 203 Å². The molecule has 2 N–H and O–H groups in total. The topological polar surface area (TPSA) is 99.2 Å². The molecule has 176 valence electrons. The van der Waals surface area contributed by atoms with E-state index >= 15 is 0 Å². The maximum Gasteiger partial charge on any atom is 0.247 e. The van der Waals surface area contributed by atoms with Crippen LogP contribution >= 0.6 is 0 Å². The molecule has 0 unspecified atom stereocenters. The number of pyridine rings is 2. The zero-order valence-corrected chi connectivity index (χ0v) is 19.5. The number of carbonyl (C=O) groups excluding carboxylic acids is 1. The van der Waals surface area contributed by atoms with Crippen molar-refractivity contribution in [2.45, 2.75) is 0 Å². The van der Waals surface area contributed by atoms with E-state index in [0.29, 0.717) is 28.5 Å². The van der Waals surface area contributed by atoms with Gasteiger partial charge >= 0.3 is 0 Å². The lowest BCUT2D eigenvalue weighted by Gasteiger charge is -2.34. The van der Waals surface area contributed by atoms with Gasteiger partial charge in [0.25, 0.3) is 0 Å². The van der Waals surface area contributed by atoms with Crippen molar-refractivity contribution < 1.29 is 4.79 Å². The highest BCUT2D eigenvalue weighted by Gasteiger charge is 2.16. The van der Waals surface area contributed by atoms with E-state index in [0.717, 1.165) is 37.3 Å². The highest BCUT2D eigenvalue weighted by Crippen LogP contribution is 2.30. The minimum atomic E-state index is -0.323. The van der Waals surface area contributed by atoms with Crippen LogP contribution in [0.25, 0.3) is 22.3 Å². The number of nitrogens with zero attached hydrogens (tertiary/aromatic N) is 6. The van der Waals surface area contributed by atoms with Gasteiger partial charge in [-0.05, 0) is 55.6 Å². The Kier molecular flexibility index (Phi) is 6.32. The average Bonchev–Trinajstić information content (AvgIpc) is 2.89. The number of hydrogen-bond acceptors (Lipinski definition) is 8. The van der Waals surface area contributed by atoms with Crippen LogP contribution in [0.1, 0.15) is 0 Å². The fourth-order valence-corrected chi connectivity index (χ4v) is 4.02. The summed E-state index contributed by atoms with van der Waals surface area (Å²) in [6.45, 7) is 7.69. The van der Waals surface area contributed by atoms with E-state index in [1.807, 2.05) is 18.2 Å². The van der Waals surface area contributed by atoms with E-state index in [1.165, 1.54) is 11.8 Å². The fourth-order valence-electron chi connectivity index (χ4n) is 4.02. The number of piperazine rings is 1. The number of carbonyl (C=O) groups is 1. The van der Waals surface area contributed by atoms with E-state index in [9.17, 15) is 4.79 Å². The molecule has 1 saturated heterocycles. The zero-order valence-electron chi connectivity index (χ0n) is 19.5. The lowest BCUT2D eigenvalue weighted by atomic mass is 10.1. The van der Waals surface area contributed by atoms with Crippen LogP contribution < -0.4 is 15.5 Å². The van der Waals surface area contributed by atoms with Gasteiger partial charge in [0, 0.05) is 61.5 Å². The molecule has 0 atom stereocenters. The van der Waals surface area contributed by atoms with Crippen LogP contribution in [0.3, 0.4) is 0 Å². The first-order valence-corrected chi connectivity index (χ1v) is 11.4. The molecule has 0 saturated carbocycles. The van der Waals surface area contributed by atoms with Gasteiger partial charge in [-0.25, -0.2) is 9.97 Å². The number of anilines is 4. The van der Waals surface area contributed by atoms with Crippen LogP contribution in [0.5, 0.6) is 0 Å². The number of benzene rings is 1. The van der Waals surface area contributed by atoms with Gasteiger partial charge in [-0.1, -0.05) is 6.58 Å². The number of aromatic nitrogens is 4. The second-order valence-electron chi connectivity index (χ2n) is 8.35. The Morgan fingerprint density at radius 2 is 1.74 bits per heavy atom. The van der Waals surface area contributed by atoms with E-state index in [2.05, 4.69) is 61.1 Å². The molecule has 3 aromatic heterocycles. The maximum atomic E-state index is 11.9. The first-order chi connectivity index (χ1) is 17.1. The smallest absolute Gasteiger partial charge is 0.247 e. The molecule has 0 spiro atoms. The molecule has 35 heavy (non-hydrogen) atoms.